The Morgan fingerprint density at radius 2 is 2.10 bits per heavy atom. The Kier molecular flexibility index (Phi) is 3.88. The van der Waals surface area contributed by atoms with E-state index in [-0.39, 0.29) is 5.63 Å². The van der Waals surface area contributed by atoms with Gasteiger partial charge in [0.2, 0.25) is 0 Å². The fourth-order valence-corrected chi connectivity index (χ4v) is 3.40. The van der Waals surface area contributed by atoms with Gasteiger partial charge in [0.05, 0.1) is 5.56 Å². The van der Waals surface area contributed by atoms with E-state index in [9.17, 15) is 4.79 Å². The van der Waals surface area contributed by atoms with E-state index in [1.54, 1.807) is 18.7 Å². The second-order valence-electron chi connectivity index (χ2n) is 4.98. The number of para-hydroxylation sites is 1. The lowest BCUT2D eigenvalue weighted by Crippen LogP contribution is -2.15. The molecule has 0 radical (unpaired) electrons. The van der Waals surface area contributed by atoms with Gasteiger partial charge < -0.3 is 9.15 Å². The van der Waals surface area contributed by atoms with Gasteiger partial charge in [0.25, 0.3) is 0 Å². The molecule has 0 aliphatic carbocycles. The molecule has 0 atom stereocenters. The van der Waals surface area contributed by atoms with Gasteiger partial charge in [-0.15, -0.1) is 11.8 Å². The fourth-order valence-electron chi connectivity index (χ4n) is 2.33. The maximum Gasteiger partial charge on any atom is 0.344 e. The lowest BCUT2D eigenvalue weighted by atomic mass is 10.1. The number of hydrogen-bond donors (Lipinski definition) is 0. The van der Waals surface area contributed by atoms with Gasteiger partial charge in [-0.3, -0.25) is 0 Å². The summed E-state index contributed by atoms with van der Waals surface area (Å²) >= 11 is 1.65. The fraction of sp³-hybridized carbons (Fsp3) is 0.235. The van der Waals surface area contributed by atoms with E-state index in [4.69, 9.17) is 9.15 Å². The molecule has 1 aromatic carbocycles. The third-order valence-electron chi connectivity index (χ3n) is 3.41. The zero-order valence-electron chi connectivity index (χ0n) is 12.0. The van der Waals surface area contributed by atoms with E-state index in [0.717, 1.165) is 27.5 Å². The second-order valence-corrected chi connectivity index (χ2v) is 6.04. The highest BCUT2D eigenvalue weighted by molar-refractivity contribution is 7.99. The molecular formula is C17H16O3S. The molecule has 2 heterocycles. The first-order chi connectivity index (χ1) is 10.1. The minimum atomic E-state index is -0.281. The molecule has 0 N–H and O–H groups in total. The van der Waals surface area contributed by atoms with E-state index < -0.39 is 0 Å². The summed E-state index contributed by atoms with van der Waals surface area (Å²) in [4.78, 5) is 13.1. The molecule has 1 aliphatic rings. The molecule has 0 unspecified atom stereocenters. The van der Waals surface area contributed by atoms with Crippen LogP contribution in [-0.4, -0.2) is 12.4 Å². The monoisotopic (exact) mass is 300 g/mol. The number of rotatable bonds is 3. The maximum absolute atomic E-state index is 12.1. The van der Waals surface area contributed by atoms with Crippen LogP contribution in [0.5, 0.6) is 5.75 Å². The minimum absolute atomic E-state index is 0.281. The first kappa shape index (κ1) is 14.0. The molecule has 0 saturated heterocycles. The summed E-state index contributed by atoms with van der Waals surface area (Å²) in [6.07, 6.45) is 2.04. The van der Waals surface area contributed by atoms with Gasteiger partial charge in [-0.25, -0.2) is 4.79 Å². The SMILES string of the molecule is Cc1cc2c(c(=O)o1)C(COc1ccccc1C)=CCS2. The van der Waals surface area contributed by atoms with Gasteiger partial charge in [0.1, 0.15) is 18.1 Å². The van der Waals surface area contributed by atoms with Crippen molar-refractivity contribution in [1.82, 2.24) is 0 Å². The largest absolute Gasteiger partial charge is 0.489 e. The highest BCUT2D eigenvalue weighted by Gasteiger charge is 2.19. The van der Waals surface area contributed by atoms with Crippen LogP contribution in [-0.2, 0) is 0 Å². The van der Waals surface area contributed by atoms with Crippen LogP contribution in [0.1, 0.15) is 16.9 Å². The molecule has 0 saturated carbocycles. The summed E-state index contributed by atoms with van der Waals surface area (Å²) in [5, 5.41) is 0. The smallest absolute Gasteiger partial charge is 0.344 e. The molecule has 0 amide bonds. The van der Waals surface area contributed by atoms with Crippen molar-refractivity contribution in [3.63, 3.8) is 0 Å². The third kappa shape index (κ3) is 2.90. The normalized spacial score (nSPS) is 13.5. The summed E-state index contributed by atoms with van der Waals surface area (Å²) in [6, 6.07) is 9.78. The van der Waals surface area contributed by atoms with Crippen molar-refractivity contribution in [2.24, 2.45) is 0 Å². The standard InChI is InChI=1S/C17H16O3S/c1-11-5-3-4-6-14(11)19-10-13-7-8-21-15-9-12(2)20-17(18)16(13)15/h3-7,9H,8,10H2,1-2H3. The van der Waals surface area contributed by atoms with Crippen LogP contribution in [0.3, 0.4) is 0 Å². The second kappa shape index (κ2) is 5.82. The van der Waals surface area contributed by atoms with Gasteiger partial charge in [0.15, 0.2) is 0 Å². The van der Waals surface area contributed by atoms with Crippen molar-refractivity contribution in [1.29, 1.82) is 0 Å². The van der Waals surface area contributed by atoms with Crippen LogP contribution < -0.4 is 10.4 Å². The molecule has 0 spiro atoms. The summed E-state index contributed by atoms with van der Waals surface area (Å²) in [5.41, 5.74) is 2.35. The van der Waals surface area contributed by atoms with Crippen molar-refractivity contribution >= 4 is 17.3 Å². The lowest BCUT2D eigenvalue weighted by Gasteiger charge is -2.17. The van der Waals surface area contributed by atoms with Crippen LogP contribution in [0.4, 0.5) is 0 Å². The molecule has 0 fully saturated rings. The van der Waals surface area contributed by atoms with E-state index in [1.165, 1.54) is 0 Å². The highest BCUT2D eigenvalue weighted by Crippen LogP contribution is 2.32. The molecule has 1 aliphatic heterocycles. The molecule has 4 heteroatoms. The Hall–Kier alpha value is -1.94. The van der Waals surface area contributed by atoms with Gasteiger partial charge in [0, 0.05) is 16.2 Å². The number of thioether (sulfide) groups is 1. The molecular weight excluding hydrogens is 284 g/mol. The predicted molar refractivity (Wildman–Crippen MR) is 85.1 cm³/mol. The maximum atomic E-state index is 12.1. The zero-order valence-corrected chi connectivity index (χ0v) is 12.8. The minimum Gasteiger partial charge on any atom is -0.489 e. The van der Waals surface area contributed by atoms with Crippen molar-refractivity contribution in [3.8, 4) is 5.75 Å². The van der Waals surface area contributed by atoms with Crippen LogP contribution in [0.25, 0.3) is 5.57 Å². The molecule has 3 rings (SSSR count). The van der Waals surface area contributed by atoms with E-state index in [1.807, 2.05) is 43.3 Å². The van der Waals surface area contributed by atoms with Crippen LogP contribution in [0.2, 0.25) is 0 Å². The number of aryl methyl sites for hydroxylation is 2. The molecule has 1 aromatic heterocycles. The van der Waals surface area contributed by atoms with Gasteiger partial charge in [-0.1, -0.05) is 24.3 Å². The third-order valence-corrected chi connectivity index (χ3v) is 4.37. The predicted octanol–water partition coefficient (Wildman–Crippen LogP) is 3.82. The first-order valence-corrected chi connectivity index (χ1v) is 7.79. The number of ether oxygens (including phenoxy) is 1. The van der Waals surface area contributed by atoms with Crippen molar-refractivity contribution in [3.05, 3.63) is 63.7 Å². The van der Waals surface area contributed by atoms with Crippen LogP contribution in [0.15, 0.2) is 50.5 Å². The molecule has 108 valence electrons. The summed E-state index contributed by atoms with van der Waals surface area (Å²) in [5.74, 6) is 2.34. The van der Waals surface area contributed by atoms with Gasteiger partial charge >= 0.3 is 5.63 Å². The first-order valence-electron chi connectivity index (χ1n) is 6.80. The molecule has 3 nitrogen and oxygen atoms in total. The number of hydrogen-bond acceptors (Lipinski definition) is 4. The molecule has 0 bridgehead atoms. The number of fused-ring (bicyclic) bond motifs is 1. The Morgan fingerprint density at radius 3 is 2.90 bits per heavy atom. The van der Waals surface area contributed by atoms with Crippen LogP contribution in [0, 0.1) is 13.8 Å². The Morgan fingerprint density at radius 1 is 1.29 bits per heavy atom. The highest BCUT2D eigenvalue weighted by atomic mass is 32.2. The van der Waals surface area contributed by atoms with Crippen molar-refractivity contribution in [2.45, 2.75) is 18.7 Å². The topological polar surface area (TPSA) is 39.4 Å². The van der Waals surface area contributed by atoms with Gasteiger partial charge in [-0.2, -0.15) is 0 Å². The van der Waals surface area contributed by atoms with Crippen molar-refractivity contribution < 1.29 is 9.15 Å². The van der Waals surface area contributed by atoms with E-state index in [2.05, 4.69) is 0 Å². The Balaban J connectivity index is 1.87. The number of benzene rings is 1. The van der Waals surface area contributed by atoms with E-state index >= 15 is 0 Å². The van der Waals surface area contributed by atoms with E-state index in [0.29, 0.717) is 17.9 Å². The Labute approximate surface area is 127 Å². The quantitative estimate of drug-likeness (QED) is 0.863. The molecule has 21 heavy (non-hydrogen) atoms. The average molecular weight is 300 g/mol. The zero-order chi connectivity index (χ0) is 14.8. The Bertz CT molecular complexity index is 759. The van der Waals surface area contributed by atoms with Crippen LogP contribution >= 0.6 is 11.8 Å². The molecule has 2 aromatic rings. The summed E-state index contributed by atoms with van der Waals surface area (Å²) < 4.78 is 11.1. The van der Waals surface area contributed by atoms with Crippen molar-refractivity contribution in [2.75, 3.05) is 12.4 Å². The summed E-state index contributed by atoms with van der Waals surface area (Å²) in [7, 11) is 0. The summed E-state index contributed by atoms with van der Waals surface area (Å²) in [6.45, 7) is 4.18. The van der Waals surface area contributed by atoms with Gasteiger partial charge in [-0.05, 0) is 31.5 Å². The lowest BCUT2D eigenvalue weighted by molar-refractivity contribution is 0.365. The average Bonchev–Trinajstić information content (AvgIpc) is 2.45.